The van der Waals surface area contributed by atoms with Gasteiger partial charge in [-0.3, -0.25) is 4.90 Å². The second-order valence-electron chi connectivity index (χ2n) is 5.43. The Bertz CT molecular complexity index is 514. The molecule has 0 unspecified atom stereocenters. The molecule has 4 heteroatoms. The zero-order chi connectivity index (χ0) is 13.8. The summed E-state index contributed by atoms with van der Waals surface area (Å²) in [6.45, 7) is 6.45. The lowest BCUT2D eigenvalue weighted by atomic mass is 10.2. The minimum Gasteiger partial charge on any atom is -0.468 e. The molecule has 108 valence electrons. The van der Waals surface area contributed by atoms with E-state index in [1.165, 1.54) is 36.4 Å². The van der Waals surface area contributed by atoms with E-state index in [0.29, 0.717) is 6.04 Å². The summed E-state index contributed by atoms with van der Waals surface area (Å²) < 4.78 is 5.64. The Morgan fingerprint density at radius 3 is 2.85 bits per heavy atom. The third-order valence-corrected chi connectivity index (χ3v) is 5.07. The molecular weight excluding hydrogens is 268 g/mol. The molecule has 0 spiro atoms. The lowest BCUT2D eigenvalue weighted by Gasteiger charge is -2.26. The third-order valence-electron chi connectivity index (χ3n) is 4.04. The van der Waals surface area contributed by atoms with Gasteiger partial charge in [-0.1, -0.05) is 0 Å². The number of furan rings is 1. The maximum absolute atomic E-state index is 5.64. The number of nitrogens with zero attached hydrogens (tertiary/aromatic N) is 1. The second kappa shape index (κ2) is 6.57. The molecule has 20 heavy (non-hydrogen) atoms. The molecule has 1 N–H and O–H groups in total. The first-order chi connectivity index (χ1) is 9.84. The number of aryl methyl sites for hydroxylation is 1. The van der Waals surface area contributed by atoms with Crippen LogP contribution in [-0.4, -0.2) is 24.5 Å². The smallest absolute Gasteiger partial charge is 0.122 e. The molecule has 3 heterocycles. The third kappa shape index (κ3) is 3.14. The summed E-state index contributed by atoms with van der Waals surface area (Å²) in [5.74, 6) is 1.09. The lowest BCUT2D eigenvalue weighted by Crippen LogP contribution is -2.33. The summed E-state index contributed by atoms with van der Waals surface area (Å²) in [6.07, 6.45) is 4.39. The highest BCUT2D eigenvalue weighted by Crippen LogP contribution is 2.25. The average Bonchev–Trinajstić information content (AvgIpc) is 3.18. The van der Waals surface area contributed by atoms with Gasteiger partial charge in [0.2, 0.25) is 0 Å². The van der Waals surface area contributed by atoms with Crippen molar-refractivity contribution in [2.75, 3.05) is 19.6 Å². The first kappa shape index (κ1) is 13.9. The SMILES string of the molecule is Cc1ccsc1CNC[C@H](c1ccco1)N1CCCC1. The highest BCUT2D eigenvalue weighted by Gasteiger charge is 2.25. The summed E-state index contributed by atoms with van der Waals surface area (Å²) >= 11 is 1.83. The van der Waals surface area contributed by atoms with Crippen LogP contribution < -0.4 is 5.32 Å². The van der Waals surface area contributed by atoms with E-state index in [1.54, 1.807) is 6.26 Å². The first-order valence-electron chi connectivity index (χ1n) is 7.36. The van der Waals surface area contributed by atoms with Gasteiger partial charge < -0.3 is 9.73 Å². The minimum atomic E-state index is 0.368. The van der Waals surface area contributed by atoms with Gasteiger partial charge in [0.05, 0.1) is 12.3 Å². The van der Waals surface area contributed by atoms with Crippen LogP contribution in [-0.2, 0) is 6.54 Å². The Labute approximate surface area is 124 Å². The van der Waals surface area contributed by atoms with Crippen LogP contribution in [0.1, 0.15) is 35.1 Å². The maximum Gasteiger partial charge on any atom is 0.122 e. The monoisotopic (exact) mass is 290 g/mol. The molecule has 2 aromatic heterocycles. The second-order valence-corrected chi connectivity index (χ2v) is 6.43. The van der Waals surface area contributed by atoms with E-state index in [9.17, 15) is 0 Å². The fourth-order valence-corrected chi connectivity index (χ4v) is 3.73. The molecular formula is C16H22N2OS. The van der Waals surface area contributed by atoms with E-state index >= 15 is 0 Å². The van der Waals surface area contributed by atoms with E-state index in [-0.39, 0.29) is 0 Å². The summed E-state index contributed by atoms with van der Waals surface area (Å²) in [4.78, 5) is 3.97. The maximum atomic E-state index is 5.64. The largest absolute Gasteiger partial charge is 0.468 e. The van der Waals surface area contributed by atoms with E-state index in [0.717, 1.165) is 18.8 Å². The standard InChI is InChI=1S/C16H22N2OS/c1-13-6-10-20-16(13)12-17-11-14(15-5-4-9-19-15)18-7-2-3-8-18/h4-6,9-10,14,17H,2-3,7-8,11-12H2,1H3/t14-/m1/s1. The van der Waals surface area contributed by atoms with Gasteiger partial charge in [-0.05, 0) is 62.0 Å². The average molecular weight is 290 g/mol. The fourth-order valence-electron chi connectivity index (χ4n) is 2.85. The van der Waals surface area contributed by atoms with Crippen LogP contribution in [0.5, 0.6) is 0 Å². The summed E-state index contributed by atoms with van der Waals surface area (Å²) in [6, 6.07) is 6.64. The number of rotatable bonds is 6. The normalized spacial score (nSPS) is 17.6. The van der Waals surface area contributed by atoms with Gasteiger partial charge >= 0.3 is 0 Å². The van der Waals surface area contributed by atoms with Crippen molar-refractivity contribution in [3.63, 3.8) is 0 Å². The number of hydrogen-bond donors (Lipinski definition) is 1. The molecule has 0 amide bonds. The predicted octanol–water partition coefficient (Wildman–Crippen LogP) is 3.58. The molecule has 1 saturated heterocycles. The van der Waals surface area contributed by atoms with Crippen LogP contribution in [0.3, 0.4) is 0 Å². The number of hydrogen-bond acceptors (Lipinski definition) is 4. The number of thiophene rings is 1. The van der Waals surface area contributed by atoms with Crippen LogP contribution in [0.4, 0.5) is 0 Å². The molecule has 0 aromatic carbocycles. The van der Waals surface area contributed by atoms with Gasteiger partial charge in [0.1, 0.15) is 5.76 Å². The van der Waals surface area contributed by atoms with Crippen molar-refractivity contribution in [3.8, 4) is 0 Å². The van der Waals surface area contributed by atoms with Crippen molar-refractivity contribution >= 4 is 11.3 Å². The first-order valence-corrected chi connectivity index (χ1v) is 8.23. The van der Waals surface area contributed by atoms with Crippen LogP contribution in [0.15, 0.2) is 34.3 Å². The highest BCUT2D eigenvalue weighted by atomic mass is 32.1. The molecule has 3 rings (SSSR count). The molecule has 1 aliphatic rings. The minimum absolute atomic E-state index is 0.368. The van der Waals surface area contributed by atoms with Crippen molar-refractivity contribution in [3.05, 3.63) is 46.0 Å². The lowest BCUT2D eigenvalue weighted by molar-refractivity contribution is 0.209. The van der Waals surface area contributed by atoms with E-state index in [1.807, 2.05) is 17.4 Å². The van der Waals surface area contributed by atoms with Crippen molar-refractivity contribution in [2.45, 2.75) is 32.4 Å². The topological polar surface area (TPSA) is 28.4 Å². The zero-order valence-corrected chi connectivity index (χ0v) is 12.8. The molecule has 3 nitrogen and oxygen atoms in total. The van der Waals surface area contributed by atoms with E-state index < -0.39 is 0 Å². The number of nitrogens with one attached hydrogen (secondary N) is 1. The molecule has 1 aliphatic heterocycles. The van der Waals surface area contributed by atoms with Crippen molar-refractivity contribution < 1.29 is 4.42 Å². The van der Waals surface area contributed by atoms with Crippen LogP contribution >= 0.6 is 11.3 Å². The van der Waals surface area contributed by atoms with Gasteiger partial charge in [0.25, 0.3) is 0 Å². The van der Waals surface area contributed by atoms with Gasteiger partial charge in [0.15, 0.2) is 0 Å². The molecule has 0 aliphatic carbocycles. The van der Waals surface area contributed by atoms with Gasteiger partial charge in [-0.2, -0.15) is 0 Å². The molecule has 1 fully saturated rings. The Kier molecular flexibility index (Phi) is 4.55. The van der Waals surface area contributed by atoms with Crippen molar-refractivity contribution in [1.29, 1.82) is 0 Å². The quantitative estimate of drug-likeness (QED) is 0.881. The predicted molar refractivity (Wildman–Crippen MR) is 83.0 cm³/mol. The van der Waals surface area contributed by atoms with Crippen LogP contribution in [0.25, 0.3) is 0 Å². The zero-order valence-electron chi connectivity index (χ0n) is 12.0. The van der Waals surface area contributed by atoms with Crippen LogP contribution in [0, 0.1) is 6.92 Å². The Hall–Kier alpha value is -1.10. The van der Waals surface area contributed by atoms with Crippen LogP contribution in [0.2, 0.25) is 0 Å². The molecule has 0 saturated carbocycles. The van der Waals surface area contributed by atoms with E-state index in [4.69, 9.17) is 4.42 Å². The summed E-state index contributed by atoms with van der Waals surface area (Å²) in [5.41, 5.74) is 1.39. The molecule has 2 aromatic rings. The van der Waals surface area contributed by atoms with Crippen molar-refractivity contribution in [2.24, 2.45) is 0 Å². The molecule has 0 bridgehead atoms. The fraction of sp³-hybridized carbons (Fsp3) is 0.500. The summed E-state index contributed by atoms with van der Waals surface area (Å²) in [5, 5.41) is 5.77. The Morgan fingerprint density at radius 1 is 1.35 bits per heavy atom. The number of likely N-dealkylation sites (tertiary alicyclic amines) is 1. The van der Waals surface area contributed by atoms with Gasteiger partial charge in [-0.25, -0.2) is 0 Å². The Balaban J connectivity index is 1.60. The Morgan fingerprint density at radius 2 is 2.20 bits per heavy atom. The molecule has 0 radical (unpaired) electrons. The van der Waals surface area contributed by atoms with Crippen molar-refractivity contribution in [1.82, 2.24) is 10.2 Å². The molecule has 1 atom stereocenters. The van der Waals surface area contributed by atoms with Gasteiger partial charge in [-0.15, -0.1) is 11.3 Å². The highest BCUT2D eigenvalue weighted by molar-refractivity contribution is 7.10. The summed E-state index contributed by atoms with van der Waals surface area (Å²) in [7, 11) is 0. The van der Waals surface area contributed by atoms with Gasteiger partial charge in [0, 0.05) is 18.0 Å². The van der Waals surface area contributed by atoms with E-state index in [2.05, 4.69) is 34.7 Å².